The van der Waals surface area contributed by atoms with Crippen molar-refractivity contribution >= 4 is 34.4 Å². The highest BCUT2D eigenvalue weighted by atomic mass is 16.5. The summed E-state index contributed by atoms with van der Waals surface area (Å²) < 4.78 is 10.9. The van der Waals surface area contributed by atoms with E-state index in [1.807, 2.05) is 56.3 Å². The Kier molecular flexibility index (Phi) is 5.89. The van der Waals surface area contributed by atoms with Crippen molar-refractivity contribution < 1.29 is 18.7 Å². The van der Waals surface area contributed by atoms with E-state index in [1.165, 1.54) is 0 Å². The number of hydrogen-bond donors (Lipinski definition) is 1. The lowest BCUT2D eigenvalue weighted by atomic mass is 9.81. The Morgan fingerprint density at radius 3 is 2.77 bits per heavy atom. The third-order valence-corrected chi connectivity index (χ3v) is 5.27. The van der Waals surface area contributed by atoms with Crippen LogP contribution in [0.15, 0.2) is 47.1 Å². The summed E-state index contributed by atoms with van der Waals surface area (Å²) >= 11 is 0. The highest BCUT2D eigenvalue weighted by Gasteiger charge is 2.29. The first-order valence-corrected chi connectivity index (χ1v) is 10.5. The number of nitrogens with one attached hydrogen (secondary N) is 1. The molecule has 1 atom stereocenters. The molecule has 0 fully saturated rings. The number of fused-ring (bicyclic) bond motifs is 2. The van der Waals surface area contributed by atoms with Crippen molar-refractivity contribution in [2.75, 3.05) is 6.61 Å². The van der Waals surface area contributed by atoms with Crippen molar-refractivity contribution in [3.63, 3.8) is 0 Å². The number of hydrogen-bond acceptors (Lipinski definition) is 5. The van der Waals surface area contributed by atoms with Gasteiger partial charge in [0.15, 0.2) is 6.61 Å². The molecule has 1 N–H and O–H groups in total. The van der Waals surface area contributed by atoms with Crippen molar-refractivity contribution in [1.29, 1.82) is 0 Å². The Morgan fingerprint density at radius 2 is 2.03 bits per heavy atom. The van der Waals surface area contributed by atoms with Gasteiger partial charge in [-0.05, 0) is 68.0 Å². The van der Waals surface area contributed by atoms with Gasteiger partial charge in [-0.25, -0.2) is 9.78 Å². The molecule has 0 saturated carbocycles. The van der Waals surface area contributed by atoms with Gasteiger partial charge in [-0.15, -0.1) is 0 Å². The third-order valence-electron chi connectivity index (χ3n) is 5.27. The van der Waals surface area contributed by atoms with Crippen LogP contribution >= 0.6 is 0 Å². The van der Waals surface area contributed by atoms with Gasteiger partial charge in [0, 0.05) is 11.4 Å². The van der Waals surface area contributed by atoms with Crippen LogP contribution in [-0.2, 0) is 16.0 Å². The average molecular weight is 418 g/mol. The fourth-order valence-electron chi connectivity index (χ4n) is 4.08. The summed E-state index contributed by atoms with van der Waals surface area (Å²) in [6, 6.07) is 11.3. The van der Waals surface area contributed by atoms with Crippen LogP contribution in [-0.4, -0.2) is 29.5 Å². The molecule has 0 radical (unpaired) electrons. The smallest absolute Gasteiger partial charge is 0.339 e. The average Bonchev–Trinajstić information content (AvgIpc) is 3.23. The van der Waals surface area contributed by atoms with Crippen LogP contribution in [0.1, 0.15) is 54.6 Å². The maximum absolute atomic E-state index is 13.2. The molecule has 1 unspecified atom stereocenters. The van der Waals surface area contributed by atoms with Gasteiger partial charge in [0.25, 0.3) is 5.91 Å². The minimum absolute atomic E-state index is 0.0177. The minimum atomic E-state index is -0.500. The lowest BCUT2D eigenvalue weighted by Crippen LogP contribution is -2.34. The highest BCUT2D eigenvalue weighted by Crippen LogP contribution is 2.38. The molecule has 0 aliphatic heterocycles. The van der Waals surface area contributed by atoms with Crippen molar-refractivity contribution in [2.45, 2.75) is 39.7 Å². The monoisotopic (exact) mass is 418 g/mol. The molecule has 160 valence electrons. The molecule has 6 nitrogen and oxygen atoms in total. The summed E-state index contributed by atoms with van der Waals surface area (Å²) in [6.07, 6.45) is 5.18. The van der Waals surface area contributed by atoms with E-state index in [-0.39, 0.29) is 18.6 Å². The number of benzene rings is 1. The molecule has 1 amide bonds. The number of nitrogens with zero attached hydrogens (tertiary/aromatic N) is 1. The molecular weight excluding hydrogens is 392 g/mol. The van der Waals surface area contributed by atoms with Crippen LogP contribution in [0.2, 0.25) is 0 Å². The van der Waals surface area contributed by atoms with Gasteiger partial charge < -0.3 is 14.5 Å². The summed E-state index contributed by atoms with van der Waals surface area (Å²) in [5, 5.41) is 3.48. The van der Waals surface area contributed by atoms with E-state index in [0.717, 1.165) is 39.9 Å². The Bertz CT molecular complexity index is 1150. The Balaban J connectivity index is 1.79. The van der Waals surface area contributed by atoms with Gasteiger partial charge >= 0.3 is 5.97 Å². The number of furan rings is 1. The second-order valence-corrected chi connectivity index (χ2v) is 8.33. The summed E-state index contributed by atoms with van der Waals surface area (Å²) in [7, 11) is 0. The molecule has 1 aliphatic rings. The van der Waals surface area contributed by atoms with Crippen LogP contribution in [0, 0.1) is 5.92 Å². The van der Waals surface area contributed by atoms with Crippen LogP contribution in [0.4, 0.5) is 0 Å². The minimum Gasteiger partial charge on any atom is -0.465 e. The van der Waals surface area contributed by atoms with Crippen LogP contribution in [0.3, 0.4) is 0 Å². The summed E-state index contributed by atoms with van der Waals surface area (Å²) in [5.74, 6) is 0.259. The quantitative estimate of drug-likeness (QED) is 0.611. The predicted molar refractivity (Wildman–Crippen MR) is 119 cm³/mol. The number of carbonyl (C=O) groups excluding carboxylic acids is 2. The predicted octanol–water partition coefficient (Wildman–Crippen LogP) is 4.63. The van der Waals surface area contributed by atoms with E-state index in [2.05, 4.69) is 12.2 Å². The highest BCUT2D eigenvalue weighted by molar-refractivity contribution is 6.07. The molecule has 3 aromatic rings. The lowest BCUT2D eigenvalue weighted by molar-refractivity contribution is -0.124. The van der Waals surface area contributed by atoms with Crippen molar-refractivity contribution in [3.05, 3.63) is 65.2 Å². The molecule has 31 heavy (non-hydrogen) atoms. The molecular formula is C25H26N2O4. The normalized spacial score (nSPS) is 17.0. The zero-order valence-corrected chi connectivity index (χ0v) is 18.0. The molecule has 2 aromatic heterocycles. The Labute approximate surface area is 181 Å². The van der Waals surface area contributed by atoms with E-state index >= 15 is 0 Å². The summed E-state index contributed by atoms with van der Waals surface area (Å²) in [6.45, 7) is 5.56. The molecule has 1 aliphatic carbocycles. The van der Waals surface area contributed by atoms with Crippen molar-refractivity contribution in [2.24, 2.45) is 5.92 Å². The maximum atomic E-state index is 13.2. The van der Waals surface area contributed by atoms with E-state index in [0.29, 0.717) is 17.9 Å². The molecule has 0 bridgehead atoms. The van der Waals surface area contributed by atoms with Gasteiger partial charge in [-0.3, -0.25) is 4.79 Å². The Hall–Kier alpha value is -3.41. The SMILES string of the molecule is CC1C/C(=C\c2ccco2)c2nc3ccccc3c(C(=O)OCC(=O)NC(C)C)c2C1. The number of esters is 1. The van der Waals surface area contributed by atoms with Gasteiger partial charge in [-0.2, -0.15) is 0 Å². The second-order valence-electron chi connectivity index (χ2n) is 8.33. The largest absolute Gasteiger partial charge is 0.465 e. The van der Waals surface area contributed by atoms with E-state index < -0.39 is 5.97 Å². The molecule has 2 heterocycles. The van der Waals surface area contributed by atoms with E-state index in [4.69, 9.17) is 14.1 Å². The zero-order chi connectivity index (χ0) is 22.0. The zero-order valence-electron chi connectivity index (χ0n) is 18.0. The van der Waals surface area contributed by atoms with Gasteiger partial charge in [0.1, 0.15) is 5.76 Å². The topological polar surface area (TPSA) is 81.4 Å². The van der Waals surface area contributed by atoms with Crippen LogP contribution < -0.4 is 5.32 Å². The lowest BCUT2D eigenvalue weighted by Gasteiger charge is -2.26. The first-order valence-electron chi connectivity index (χ1n) is 10.5. The third kappa shape index (κ3) is 4.53. The molecule has 0 saturated heterocycles. The van der Waals surface area contributed by atoms with Gasteiger partial charge in [0.05, 0.1) is 23.0 Å². The van der Waals surface area contributed by atoms with Gasteiger partial charge in [-0.1, -0.05) is 25.1 Å². The number of carbonyl (C=O) groups is 2. The fraction of sp³-hybridized carbons (Fsp3) is 0.320. The van der Waals surface area contributed by atoms with Crippen molar-refractivity contribution in [3.8, 4) is 0 Å². The number of ether oxygens (including phenoxy) is 1. The van der Waals surface area contributed by atoms with Crippen LogP contribution in [0.5, 0.6) is 0 Å². The maximum Gasteiger partial charge on any atom is 0.339 e. The number of amides is 1. The Morgan fingerprint density at radius 1 is 1.23 bits per heavy atom. The number of allylic oxidation sites excluding steroid dienone is 1. The number of rotatable bonds is 5. The van der Waals surface area contributed by atoms with E-state index in [1.54, 1.807) is 6.26 Å². The summed E-state index contributed by atoms with van der Waals surface area (Å²) in [4.78, 5) is 30.1. The van der Waals surface area contributed by atoms with Crippen LogP contribution in [0.25, 0.3) is 22.6 Å². The number of para-hydroxylation sites is 1. The standard InChI is InChI=1S/C25H26N2O4/c1-15(2)26-22(28)14-31-25(29)23-19-8-4-5-9-21(19)27-24-17(11-16(3)12-20(23)24)13-18-7-6-10-30-18/h4-10,13,15-16H,11-12,14H2,1-3H3,(H,26,28)/b17-13+. The fourth-order valence-corrected chi connectivity index (χ4v) is 4.08. The van der Waals surface area contributed by atoms with Gasteiger partial charge in [0.2, 0.25) is 0 Å². The molecule has 4 rings (SSSR count). The number of pyridine rings is 1. The molecule has 0 spiro atoms. The number of aromatic nitrogens is 1. The second kappa shape index (κ2) is 8.76. The van der Waals surface area contributed by atoms with Crippen molar-refractivity contribution in [1.82, 2.24) is 10.3 Å². The first-order chi connectivity index (χ1) is 14.9. The molecule has 6 heteroatoms. The first kappa shape index (κ1) is 20.8. The van der Waals surface area contributed by atoms with E-state index in [9.17, 15) is 9.59 Å². The molecule has 1 aromatic carbocycles. The summed E-state index contributed by atoms with van der Waals surface area (Å²) in [5.41, 5.74) is 3.91.